The first-order valence-electron chi connectivity index (χ1n) is 6.72. The van der Waals surface area contributed by atoms with Gasteiger partial charge in [0.2, 0.25) is 0 Å². The molecule has 0 aromatic heterocycles. The van der Waals surface area contributed by atoms with Gasteiger partial charge in [0.25, 0.3) is 0 Å². The van der Waals surface area contributed by atoms with E-state index in [4.69, 9.17) is 0 Å². The first kappa shape index (κ1) is 19.4. The van der Waals surface area contributed by atoms with Crippen LogP contribution in [0.25, 0.3) is 0 Å². The summed E-state index contributed by atoms with van der Waals surface area (Å²) in [5.74, 6) is 0. The minimum absolute atomic E-state index is 0. The Hall–Kier alpha value is 0.423. The van der Waals surface area contributed by atoms with Crippen LogP contribution in [-0.2, 0) is 23.2 Å². The molecular formula is C16H22Cl2Zr. The Balaban J connectivity index is 0.00000162. The molecule has 0 atom stereocenters. The minimum Gasteiger partial charge on any atom is -1.00 e. The van der Waals surface area contributed by atoms with Crippen LogP contribution in [0.4, 0.5) is 0 Å². The molecule has 0 N–H and O–H groups in total. The molecule has 0 amide bonds. The molecule has 19 heavy (non-hydrogen) atoms. The number of allylic oxidation sites excluding steroid dienone is 8. The summed E-state index contributed by atoms with van der Waals surface area (Å²) in [5, 5.41) is 0. The quantitative estimate of drug-likeness (QED) is 0.597. The van der Waals surface area contributed by atoms with Crippen molar-refractivity contribution in [1.29, 1.82) is 0 Å². The van der Waals surface area contributed by atoms with Crippen molar-refractivity contribution >= 4 is 0 Å². The average Bonchev–Trinajstić information content (AvgIpc) is 2.85. The van der Waals surface area contributed by atoms with E-state index >= 15 is 0 Å². The summed E-state index contributed by atoms with van der Waals surface area (Å²) in [7, 11) is 0. The van der Waals surface area contributed by atoms with E-state index in [1.54, 1.807) is 28.9 Å². The number of halogens is 2. The van der Waals surface area contributed by atoms with Crippen molar-refractivity contribution < 1.29 is 48.0 Å². The summed E-state index contributed by atoms with van der Waals surface area (Å²) in [6.45, 7) is 9.29. The van der Waals surface area contributed by atoms with Gasteiger partial charge in [-0.3, -0.25) is 0 Å². The van der Waals surface area contributed by atoms with Gasteiger partial charge < -0.3 is 24.8 Å². The van der Waals surface area contributed by atoms with Crippen LogP contribution >= 0.6 is 0 Å². The van der Waals surface area contributed by atoms with Gasteiger partial charge in [0.15, 0.2) is 0 Å². The minimum atomic E-state index is -0.539. The Morgan fingerprint density at radius 1 is 0.842 bits per heavy atom. The van der Waals surface area contributed by atoms with Crippen LogP contribution in [0.5, 0.6) is 0 Å². The molecule has 0 unspecified atom stereocenters. The van der Waals surface area contributed by atoms with Crippen LogP contribution in [0.3, 0.4) is 0 Å². The zero-order valence-corrected chi connectivity index (χ0v) is 16.2. The van der Waals surface area contributed by atoms with E-state index in [9.17, 15) is 0 Å². The third-order valence-electron chi connectivity index (χ3n) is 3.82. The van der Waals surface area contributed by atoms with Gasteiger partial charge in [0.1, 0.15) is 0 Å². The molecule has 0 fully saturated rings. The maximum atomic E-state index is 2.46. The molecular weight excluding hydrogens is 354 g/mol. The summed E-state index contributed by atoms with van der Waals surface area (Å²) in [6.07, 6.45) is 9.82. The molecule has 0 saturated heterocycles. The molecule has 2 aliphatic rings. The first-order valence-corrected chi connectivity index (χ1v) is 9.18. The van der Waals surface area contributed by atoms with Crippen LogP contribution in [0.2, 0.25) is 0 Å². The molecule has 0 aromatic rings. The Morgan fingerprint density at radius 3 is 1.53 bits per heavy atom. The standard InChI is InChI=1S/2C8H11.2ClH.Zr/c2*1-3-8-5-4-7(2)6-8;;;/h2*5H,3-4H2,1-2H3;2*1H;/q;;;;+2/p-2. The van der Waals surface area contributed by atoms with Crippen LogP contribution < -0.4 is 24.8 Å². The van der Waals surface area contributed by atoms with Crippen LogP contribution in [0.1, 0.15) is 53.4 Å². The summed E-state index contributed by atoms with van der Waals surface area (Å²) < 4.78 is 3.60. The van der Waals surface area contributed by atoms with E-state index in [2.05, 4.69) is 39.8 Å². The zero-order valence-electron chi connectivity index (χ0n) is 12.2. The molecule has 0 saturated carbocycles. The molecule has 0 nitrogen and oxygen atoms in total. The fourth-order valence-electron chi connectivity index (χ4n) is 2.65. The van der Waals surface area contributed by atoms with Gasteiger partial charge >= 0.3 is 118 Å². The predicted molar refractivity (Wildman–Crippen MR) is 71.4 cm³/mol. The molecule has 104 valence electrons. The number of rotatable bonds is 4. The number of hydrogen-bond donors (Lipinski definition) is 0. The third kappa shape index (κ3) is 4.19. The maximum Gasteiger partial charge on any atom is -1.00 e. The molecule has 0 aliphatic heterocycles. The van der Waals surface area contributed by atoms with Crippen molar-refractivity contribution in [3.8, 4) is 0 Å². The molecule has 2 rings (SSSR count). The Labute approximate surface area is 141 Å². The molecule has 0 spiro atoms. The summed E-state index contributed by atoms with van der Waals surface area (Å²) in [6, 6.07) is 0. The van der Waals surface area contributed by atoms with Crippen molar-refractivity contribution in [1.82, 2.24) is 0 Å². The normalized spacial score (nSPS) is 17.7. The maximum absolute atomic E-state index is 2.46. The molecule has 2 aliphatic carbocycles. The largest absolute Gasteiger partial charge is 1.00 e. The Morgan fingerprint density at radius 2 is 1.21 bits per heavy atom. The van der Waals surface area contributed by atoms with Gasteiger partial charge in [-0.1, -0.05) is 0 Å². The summed E-state index contributed by atoms with van der Waals surface area (Å²) in [5.41, 5.74) is 6.65. The van der Waals surface area contributed by atoms with Crippen LogP contribution in [0, 0.1) is 0 Å². The van der Waals surface area contributed by atoms with Crippen molar-refractivity contribution in [2.45, 2.75) is 53.4 Å². The fraction of sp³-hybridized carbons (Fsp3) is 0.500. The van der Waals surface area contributed by atoms with Gasteiger partial charge in [-0.05, 0) is 0 Å². The smallest absolute Gasteiger partial charge is 1.00 e. The van der Waals surface area contributed by atoms with Crippen molar-refractivity contribution in [3.63, 3.8) is 0 Å². The summed E-state index contributed by atoms with van der Waals surface area (Å²) in [4.78, 5) is 0. The second-order valence-electron chi connectivity index (χ2n) is 5.01. The molecule has 3 heteroatoms. The van der Waals surface area contributed by atoms with Crippen LogP contribution in [-0.4, -0.2) is 0 Å². The van der Waals surface area contributed by atoms with Crippen LogP contribution in [0.15, 0.2) is 41.0 Å². The van der Waals surface area contributed by atoms with Gasteiger partial charge in [-0.15, -0.1) is 0 Å². The zero-order chi connectivity index (χ0) is 12.4. The predicted octanol–water partition coefficient (Wildman–Crippen LogP) is -0.895. The third-order valence-corrected chi connectivity index (χ3v) is 8.72. The SMILES string of the molecule is CCC1=CCC(C)=[C]1[Zr+2][C]1=C(C)CC=C1CC.[Cl-].[Cl-]. The average molecular weight is 376 g/mol. The number of hydrogen-bond acceptors (Lipinski definition) is 0. The molecule has 0 bridgehead atoms. The van der Waals surface area contributed by atoms with E-state index in [0.717, 1.165) is 0 Å². The van der Waals surface area contributed by atoms with E-state index in [1.165, 1.54) is 25.7 Å². The Bertz CT molecular complexity index is 411. The summed E-state index contributed by atoms with van der Waals surface area (Å²) >= 11 is -0.539. The van der Waals surface area contributed by atoms with Crippen molar-refractivity contribution in [2.75, 3.05) is 0 Å². The van der Waals surface area contributed by atoms with E-state index in [0.29, 0.717) is 0 Å². The van der Waals surface area contributed by atoms with E-state index < -0.39 is 23.2 Å². The topological polar surface area (TPSA) is 0 Å². The van der Waals surface area contributed by atoms with Crippen molar-refractivity contribution in [2.24, 2.45) is 0 Å². The van der Waals surface area contributed by atoms with Gasteiger partial charge in [0, 0.05) is 0 Å². The monoisotopic (exact) mass is 374 g/mol. The molecule has 0 heterocycles. The van der Waals surface area contributed by atoms with Gasteiger partial charge in [-0.2, -0.15) is 0 Å². The second-order valence-corrected chi connectivity index (χ2v) is 8.08. The Kier molecular flexibility index (Phi) is 8.85. The van der Waals surface area contributed by atoms with Crippen molar-refractivity contribution in [3.05, 3.63) is 41.0 Å². The van der Waals surface area contributed by atoms with E-state index in [-0.39, 0.29) is 24.8 Å². The van der Waals surface area contributed by atoms with E-state index in [1.807, 2.05) is 0 Å². The fourth-order valence-corrected chi connectivity index (χ4v) is 6.98. The van der Waals surface area contributed by atoms with Gasteiger partial charge in [0.05, 0.1) is 0 Å². The van der Waals surface area contributed by atoms with Gasteiger partial charge in [-0.25, -0.2) is 0 Å². The molecule has 0 radical (unpaired) electrons. The molecule has 0 aromatic carbocycles. The second kappa shape index (κ2) is 8.65. The first-order chi connectivity index (χ1) is 8.17.